The lowest BCUT2D eigenvalue weighted by Crippen LogP contribution is -2.13. The molecule has 11 aromatic rings. The maximum Gasteiger partial charge on any atom is 0.136 e. The third-order valence-corrected chi connectivity index (χ3v) is 13.2. The SMILES string of the molecule is c1ccc(-n2c3ccccc3c3c(N(c4ccccc4-c4cccc5cccc(C6CCCCC6)c45)c4ccccc4-c4cccc5oc6ccccc6c45)cccc32)cc1. The highest BCUT2D eigenvalue weighted by Crippen LogP contribution is 2.51. The van der Waals surface area contributed by atoms with Crippen molar-refractivity contribution in [1.29, 1.82) is 0 Å². The minimum Gasteiger partial charge on any atom is -0.456 e. The molecule has 61 heavy (non-hydrogen) atoms. The summed E-state index contributed by atoms with van der Waals surface area (Å²) in [5.41, 5.74) is 14.9. The second-order valence-corrected chi connectivity index (χ2v) is 16.6. The first-order valence-corrected chi connectivity index (χ1v) is 21.8. The number of aromatic nitrogens is 1. The third kappa shape index (κ3) is 5.79. The van der Waals surface area contributed by atoms with Crippen LogP contribution in [0.3, 0.4) is 0 Å². The first kappa shape index (κ1) is 35.6. The molecule has 9 aromatic carbocycles. The highest BCUT2D eigenvalue weighted by molar-refractivity contribution is 6.19. The fraction of sp³-hybridized carbons (Fsp3) is 0.103. The van der Waals surface area contributed by atoms with Gasteiger partial charge in [0.15, 0.2) is 0 Å². The van der Waals surface area contributed by atoms with Crippen LogP contribution in [0.25, 0.3) is 82.5 Å². The molecule has 1 aliphatic carbocycles. The minimum absolute atomic E-state index is 0.561. The average molecular weight is 785 g/mol. The van der Waals surface area contributed by atoms with Gasteiger partial charge in [0, 0.05) is 38.4 Å². The van der Waals surface area contributed by atoms with Gasteiger partial charge < -0.3 is 13.9 Å². The Balaban J connectivity index is 1.19. The van der Waals surface area contributed by atoms with Crippen LogP contribution < -0.4 is 4.90 Å². The molecule has 1 saturated carbocycles. The summed E-state index contributed by atoms with van der Waals surface area (Å²) in [6.07, 6.45) is 6.42. The standard InChI is InChI=1S/C58H44N2O/c1-3-19-39(20-4-1)42-29-15-21-40-22-16-30-45(56(40)42)43-25-7-11-32-49(43)60(50-33-12-8-26-44(50)46-31-17-38-55-57(46)48-28-10-14-37-54(48)61-55)53-36-18-35-52-58(53)47-27-9-13-34-51(47)59(52)41-23-5-2-6-24-41/h2,5-18,21-39H,1,3-4,19-20H2. The summed E-state index contributed by atoms with van der Waals surface area (Å²) in [7, 11) is 0. The van der Waals surface area contributed by atoms with Gasteiger partial charge >= 0.3 is 0 Å². The van der Waals surface area contributed by atoms with Crippen molar-refractivity contribution in [3.63, 3.8) is 0 Å². The van der Waals surface area contributed by atoms with E-state index < -0.39 is 0 Å². The number of nitrogens with zero attached hydrogens (tertiary/aromatic N) is 2. The molecule has 0 bridgehead atoms. The molecule has 3 nitrogen and oxygen atoms in total. The average Bonchev–Trinajstić information content (AvgIpc) is 3.89. The van der Waals surface area contributed by atoms with Gasteiger partial charge in [0.1, 0.15) is 11.2 Å². The second-order valence-electron chi connectivity index (χ2n) is 16.6. The maximum absolute atomic E-state index is 6.50. The van der Waals surface area contributed by atoms with Gasteiger partial charge in [-0.2, -0.15) is 0 Å². The lowest BCUT2D eigenvalue weighted by Gasteiger charge is -2.31. The molecule has 2 heterocycles. The van der Waals surface area contributed by atoms with Gasteiger partial charge in [0.05, 0.1) is 28.1 Å². The van der Waals surface area contributed by atoms with Crippen molar-refractivity contribution < 1.29 is 4.42 Å². The summed E-state index contributed by atoms with van der Waals surface area (Å²) in [5.74, 6) is 0.561. The predicted molar refractivity (Wildman–Crippen MR) is 257 cm³/mol. The van der Waals surface area contributed by atoms with Crippen LogP contribution in [0, 0.1) is 0 Å². The van der Waals surface area contributed by atoms with Crippen LogP contribution in [0.15, 0.2) is 205 Å². The molecule has 0 saturated heterocycles. The maximum atomic E-state index is 6.50. The summed E-state index contributed by atoms with van der Waals surface area (Å²) < 4.78 is 8.92. The molecule has 3 heteroatoms. The van der Waals surface area contributed by atoms with Crippen molar-refractivity contribution in [3.8, 4) is 27.9 Å². The smallest absolute Gasteiger partial charge is 0.136 e. The zero-order chi connectivity index (χ0) is 40.3. The van der Waals surface area contributed by atoms with E-state index in [1.54, 1.807) is 0 Å². The fourth-order valence-corrected chi connectivity index (χ4v) is 10.6. The van der Waals surface area contributed by atoms with Crippen LogP contribution in [0.4, 0.5) is 17.1 Å². The summed E-state index contributed by atoms with van der Waals surface area (Å²) in [6, 6.07) is 73.3. The van der Waals surface area contributed by atoms with Gasteiger partial charge in [-0.25, -0.2) is 0 Å². The van der Waals surface area contributed by atoms with Crippen LogP contribution in [0.2, 0.25) is 0 Å². The van der Waals surface area contributed by atoms with Crippen molar-refractivity contribution in [2.24, 2.45) is 0 Å². The first-order valence-electron chi connectivity index (χ1n) is 21.8. The summed E-state index contributed by atoms with van der Waals surface area (Å²) in [5, 5.41) is 7.35. The van der Waals surface area contributed by atoms with Gasteiger partial charge in [0.25, 0.3) is 0 Å². The van der Waals surface area contributed by atoms with E-state index in [1.165, 1.54) is 75.9 Å². The third-order valence-electron chi connectivity index (χ3n) is 13.2. The molecule has 0 aliphatic heterocycles. The number of hydrogen-bond acceptors (Lipinski definition) is 2. The molecule has 1 fully saturated rings. The zero-order valence-electron chi connectivity index (χ0n) is 34.0. The molecule has 1 aliphatic rings. The van der Waals surface area contributed by atoms with Crippen molar-refractivity contribution >= 4 is 71.6 Å². The van der Waals surface area contributed by atoms with Crippen LogP contribution >= 0.6 is 0 Å². The Kier molecular flexibility index (Phi) is 8.59. The summed E-state index contributed by atoms with van der Waals surface area (Å²) >= 11 is 0. The van der Waals surface area contributed by atoms with Gasteiger partial charge in [-0.3, -0.25) is 0 Å². The second kappa shape index (κ2) is 14.7. The quantitative estimate of drug-likeness (QED) is 0.161. The first-order chi connectivity index (χ1) is 30.3. The molecule has 12 rings (SSSR count). The normalized spacial score (nSPS) is 13.5. The van der Waals surface area contributed by atoms with Crippen molar-refractivity contribution in [2.45, 2.75) is 38.0 Å². The molecule has 0 unspecified atom stereocenters. The molecule has 292 valence electrons. The van der Waals surface area contributed by atoms with Crippen LogP contribution in [0.5, 0.6) is 0 Å². The van der Waals surface area contributed by atoms with E-state index >= 15 is 0 Å². The monoisotopic (exact) mass is 784 g/mol. The lowest BCUT2D eigenvalue weighted by atomic mass is 9.80. The van der Waals surface area contributed by atoms with E-state index in [2.05, 4.69) is 210 Å². The van der Waals surface area contributed by atoms with E-state index in [4.69, 9.17) is 4.42 Å². The van der Waals surface area contributed by atoms with Gasteiger partial charge in [-0.05, 0) is 101 Å². The highest BCUT2D eigenvalue weighted by atomic mass is 16.3. The molecule has 0 amide bonds. The molecule has 0 atom stereocenters. The molecule has 0 radical (unpaired) electrons. The number of fused-ring (bicyclic) bond motifs is 7. The van der Waals surface area contributed by atoms with Gasteiger partial charge in [-0.15, -0.1) is 0 Å². The number of rotatable bonds is 7. The molecule has 0 spiro atoms. The Morgan fingerprint density at radius 2 is 0.951 bits per heavy atom. The van der Waals surface area contributed by atoms with E-state index in [0.717, 1.165) is 61.3 Å². The van der Waals surface area contributed by atoms with Gasteiger partial charge in [-0.1, -0.05) is 165 Å². The van der Waals surface area contributed by atoms with Crippen LogP contribution in [0.1, 0.15) is 43.6 Å². The Morgan fingerprint density at radius 3 is 1.74 bits per heavy atom. The van der Waals surface area contributed by atoms with E-state index in [1.807, 2.05) is 0 Å². The largest absolute Gasteiger partial charge is 0.456 e. The molecular weight excluding hydrogens is 741 g/mol. The Bertz CT molecular complexity index is 3420. The topological polar surface area (TPSA) is 21.3 Å². The number of benzene rings is 9. The number of furan rings is 1. The Hall–Kier alpha value is -7.36. The Labute approximate surface area is 355 Å². The highest BCUT2D eigenvalue weighted by Gasteiger charge is 2.27. The lowest BCUT2D eigenvalue weighted by molar-refractivity contribution is 0.445. The number of para-hydroxylation sites is 5. The number of anilines is 3. The van der Waals surface area contributed by atoms with E-state index in [0.29, 0.717) is 5.92 Å². The summed E-state index contributed by atoms with van der Waals surface area (Å²) in [6.45, 7) is 0. The van der Waals surface area contributed by atoms with Crippen LogP contribution in [-0.2, 0) is 0 Å². The summed E-state index contributed by atoms with van der Waals surface area (Å²) in [4.78, 5) is 2.55. The minimum atomic E-state index is 0.561. The molecule has 0 N–H and O–H groups in total. The van der Waals surface area contributed by atoms with E-state index in [-0.39, 0.29) is 0 Å². The van der Waals surface area contributed by atoms with E-state index in [9.17, 15) is 0 Å². The number of hydrogen-bond donors (Lipinski definition) is 0. The Morgan fingerprint density at radius 1 is 0.393 bits per heavy atom. The van der Waals surface area contributed by atoms with Gasteiger partial charge in [0.2, 0.25) is 0 Å². The molecule has 2 aromatic heterocycles. The van der Waals surface area contributed by atoms with Crippen molar-refractivity contribution in [1.82, 2.24) is 4.57 Å². The van der Waals surface area contributed by atoms with Crippen molar-refractivity contribution in [2.75, 3.05) is 4.90 Å². The van der Waals surface area contributed by atoms with Crippen LogP contribution in [-0.4, -0.2) is 4.57 Å². The predicted octanol–water partition coefficient (Wildman–Crippen LogP) is 16.7. The van der Waals surface area contributed by atoms with Crippen molar-refractivity contribution in [3.05, 3.63) is 206 Å². The fourth-order valence-electron chi connectivity index (χ4n) is 10.6. The zero-order valence-corrected chi connectivity index (χ0v) is 34.0. The molecular formula is C58H44N2O.